The minimum atomic E-state index is 0.169. The van der Waals surface area contributed by atoms with Crippen molar-refractivity contribution in [1.29, 1.82) is 0 Å². The average Bonchev–Trinajstić information content (AvgIpc) is 2.65. The van der Waals surface area contributed by atoms with E-state index in [1.54, 1.807) is 0 Å². The van der Waals surface area contributed by atoms with Gasteiger partial charge in [0.05, 0.1) is 12.1 Å². The highest BCUT2D eigenvalue weighted by Crippen LogP contribution is 2.02. The molecular formula is C10H16N4O. The Morgan fingerprint density at radius 1 is 1.53 bits per heavy atom. The third-order valence-corrected chi connectivity index (χ3v) is 2.56. The van der Waals surface area contributed by atoms with E-state index >= 15 is 0 Å². The van der Waals surface area contributed by atoms with Crippen LogP contribution in [-0.4, -0.2) is 47.2 Å². The Labute approximate surface area is 88.8 Å². The fourth-order valence-corrected chi connectivity index (χ4v) is 1.75. The molecule has 0 spiro atoms. The van der Waals surface area contributed by atoms with E-state index in [1.807, 2.05) is 17.9 Å². The third kappa shape index (κ3) is 2.56. The Morgan fingerprint density at radius 3 is 2.87 bits per heavy atom. The van der Waals surface area contributed by atoms with Crippen LogP contribution in [0.1, 0.15) is 11.4 Å². The number of nitrogens with one attached hydrogen (secondary N) is 2. The molecule has 1 aromatic heterocycles. The van der Waals surface area contributed by atoms with Crippen molar-refractivity contribution in [2.45, 2.75) is 13.3 Å². The van der Waals surface area contributed by atoms with Crippen molar-refractivity contribution >= 4 is 5.91 Å². The molecule has 0 aromatic carbocycles. The molecule has 1 aromatic rings. The van der Waals surface area contributed by atoms with Gasteiger partial charge in [0.15, 0.2) is 0 Å². The van der Waals surface area contributed by atoms with Crippen molar-refractivity contribution in [3.8, 4) is 0 Å². The number of aryl methyl sites for hydroxylation is 1. The van der Waals surface area contributed by atoms with Gasteiger partial charge in [0.1, 0.15) is 0 Å². The highest BCUT2D eigenvalue weighted by atomic mass is 16.2. The maximum atomic E-state index is 11.8. The van der Waals surface area contributed by atoms with E-state index in [4.69, 9.17) is 0 Å². The van der Waals surface area contributed by atoms with Gasteiger partial charge in [-0.3, -0.25) is 9.89 Å². The van der Waals surface area contributed by atoms with E-state index in [1.165, 1.54) is 0 Å². The maximum absolute atomic E-state index is 11.8. The minimum absolute atomic E-state index is 0.169. The summed E-state index contributed by atoms with van der Waals surface area (Å²) in [7, 11) is 0. The molecule has 5 heteroatoms. The lowest BCUT2D eigenvalue weighted by molar-refractivity contribution is -0.131. The van der Waals surface area contributed by atoms with Crippen LogP contribution in [0.4, 0.5) is 0 Å². The number of rotatable bonds is 2. The lowest BCUT2D eigenvalue weighted by Crippen LogP contribution is -2.46. The van der Waals surface area contributed by atoms with Gasteiger partial charge in [-0.25, -0.2) is 0 Å². The second kappa shape index (κ2) is 4.44. The molecule has 0 aliphatic carbocycles. The van der Waals surface area contributed by atoms with E-state index in [2.05, 4.69) is 15.5 Å². The molecule has 1 aliphatic rings. The predicted molar refractivity (Wildman–Crippen MR) is 56.5 cm³/mol. The van der Waals surface area contributed by atoms with Crippen LogP contribution in [0.15, 0.2) is 6.07 Å². The summed E-state index contributed by atoms with van der Waals surface area (Å²) in [5.74, 6) is 0.169. The van der Waals surface area contributed by atoms with Gasteiger partial charge >= 0.3 is 0 Å². The number of hydrogen-bond acceptors (Lipinski definition) is 3. The van der Waals surface area contributed by atoms with Gasteiger partial charge in [-0.05, 0) is 13.0 Å². The van der Waals surface area contributed by atoms with Crippen LogP contribution in [0.3, 0.4) is 0 Å². The summed E-state index contributed by atoms with van der Waals surface area (Å²) in [5, 5.41) is 10.1. The zero-order valence-corrected chi connectivity index (χ0v) is 8.92. The van der Waals surface area contributed by atoms with Crippen LogP contribution in [0.25, 0.3) is 0 Å². The molecular weight excluding hydrogens is 192 g/mol. The third-order valence-electron chi connectivity index (χ3n) is 2.56. The molecule has 2 heterocycles. The standard InChI is InChI=1S/C10H16N4O/c1-8-6-9(13-12-8)7-10(15)14-4-2-11-3-5-14/h6,11H,2-5,7H2,1H3,(H,12,13). The Bertz CT molecular complexity index is 341. The first-order chi connectivity index (χ1) is 7.25. The van der Waals surface area contributed by atoms with E-state index in [0.29, 0.717) is 6.42 Å². The highest BCUT2D eigenvalue weighted by Gasteiger charge is 2.17. The van der Waals surface area contributed by atoms with E-state index < -0.39 is 0 Å². The molecule has 0 atom stereocenters. The van der Waals surface area contributed by atoms with Gasteiger partial charge < -0.3 is 10.2 Å². The summed E-state index contributed by atoms with van der Waals surface area (Å²) in [4.78, 5) is 13.7. The first kappa shape index (κ1) is 10.2. The number of aromatic nitrogens is 2. The smallest absolute Gasteiger partial charge is 0.228 e. The molecule has 1 fully saturated rings. The molecule has 0 saturated carbocycles. The van der Waals surface area contributed by atoms with Crippen LogP contribution in [-0.2, 0) is 11.2 Å². The van der Waals surface area contributed by atoms with Crippen LogP contribution < -0.4 is 5.32 Å². The van der Waals surface area contributed by atoms with Gasteiger partial charge in [0.2, 0.25) is 5.91 Å². The number of carbonyl (C=O) groups is 1. The molecule has 5 nitrogen and oxygen atoms in total. The lowest BCUT2D eigenvalue weighted by atomic mass is 10.2. The van der Waals surface area contributed by atoms with Crippen molar-refractivity contribution in [1.82, 2.24) is 20.4 Å². The number of hydrogen-bond donors (Lipinski definition) is 2. The fraction of sp³-hybridized carbons (Fsp3) is 0.600. The van der Waals surface area contributed by atoms with Crippen LogP contribution in [0.5, 0.6) is 0 Å². The monoisotopic (exact) mass is 208 g/mol. The summed E-state index contributed by atoms with van der Waals surface area (Å²) >= 11 is 0. The number of amides is 1. The molecule has 2 N–H and O–H groups in total. The molecule has 0 radical (unpaired) electrons. The first-order valence-corrected chi connectivity index (χ1v) is 5.25. The largest absolute Gasteiger partial charge is 0.340 e. The number of H-pyrrole nitrogens is 1. The number of piperazine rings is 1. The zero-order valence-electron chi connectivity index (χ0n) is 8.92. The predicted octanol–water partition coefficient (Wildman–Crippen LogP) is -0.308. The summed E-state index contributed by atoms with van der Waals surface area (Å²) in [6.45, 7) is 5.34. The minimum Gasteiger partial charge on any atom is -0.340 e. The molecule has 1 saturated heterocycles. The van der Waals surface area contributed by atoms with E-state index in [0.717, 1.165) is 37.6 Å². The highest BCUT2D eigenvalue weighted by molar-refractivity contribution is 5.78. The SMILES string of the molecule is Cc1cc(CC(=O)N2CCNCC2)n[nH]1. The fourth-order valence-electron chi connectivity index (χ4n) is 1.75. The Kier molecular flexibility index (Phi) is 3.01. The van der Waals surface area contributed by atoms with Gasteiger partial charge in [-0.15, -0.1) is 0 Å². The molecule has 0 unspecified atom stereocenters. The second-order valence-corrected chi connectivity index (χ2v) is 3.85. The van der Waals surface area contributed by atoms with Crippen molar-refractivity contribution in [3.05, 3.63) is 17.5 Å². The zero-order chi connectivity index (χ0) is 10.7. The molecule has 1 amide bonds. The lowest BCUT2D eigenvalue weighted by Gasteiger charge is -2.27. The first-order valence-electron chi connectivity index (χ1n) is 5.25. The summed E-state index contributed by atoms with van der Waals surface area (Å²) in [5.41, 5.74) is 1.83. The van der Waals surface area contributed by atoms with Crippen molar-refractivity contribution in [2.75, 3.05) is 26.2 Å². The van der Waals surface area contributed by atoms with Crippen molar-refractivity contribution in [3.63, 3.8) is 0 Å². The van der Waals surface area contributed by atoms with E-state index in [9.17, 15) is 4.79 Å². The summed E-state index contributed by atoms with van der Waals surface area (Å²) in [6.07, 6.45) is 0.407. The Balaban J connectivity index is 1.91. The Hall–Kier alpha value is -1.36. The second-order valence-electron chi connectivity index (χ2n) is 3.85. The molecule has 2 rings (SSSR count). The van der Waals surface area contributed by atoms with Crippen LogP contribution >= 0.6 is 0 Å². The van der Waals surface area contributed by atoms with E-state index in [-0.39, 0.29) is 5.91 Å². The van der Waals surface area contributed by atoms with Crippen LogP contribution in [0, 0.1) is 6.92 Å². The van der Waals surface area contributed by atoms with Gasteiger partial charge in [0.25, 0.3) is 0 Å². The number of aromatic amines is 1. The normalized spacial score (nSPS) is 16.7. The van der Waals surface area contributed by atoms with Crippen molar-refractivity contribution in [2.24, 2.45) is 0 Å². The quantitative estimate of drug-likeness (QED) is 0.701. The number of carbonyl (C=O) groups excluding carboxylic acids is 1. The average molecular weight is 208 g/mol. The summed E-state index contributed by atoms with van der Waals surface area (Å²) < 4.78 is 0. The van der Waals surface area contributed by atoms with Gasteiger partial charge in [-0.2, -0.15) is 5.10 Å². The van der Waals surface area contributed by atoms with Crippen molar-refractivity contribution < 1.29 is 4.79 Å². The number of nitrogens with zero attached hydrogens (tertiary/aromatic N) is 2. The molecule has 15 heavy (non-hydrogen) atoms. The maximum Gasteiger partial charge on any atom is 0.228 e. The summed E-state index contributed by atoms with van der Waals surface area (Å²) in [6, 6.07) is 1.92. The molecule has 82 valence electrons. The molecule has 1 aliphatic heterocycles. The van der Waals surface area contributed by atoms with Gasteiger partial charge in [0, 0.05) is 31.9 Å². The van der Waals surface area contributed by atoms with Crippen LogP contribution in [0.2, 0.25) is 0 Å². The Morgan fingerprint density at radius 2 is 2.27 bits per heavy atom. The van der Waals surface area contributed by atoms with Gasteiger partial charge in [-0.1, -0.05) is 0 Å². The molecule has 0 bridgehead atoms. The topological polar surface area (TPSA) is 61.0 Å².